The molecule has 0 aromatic heterocycles. The fourth-order valence-corrected chi connectivity index (χ4v) is 2.37. The number of hydrogen-bond acceptors (Lipinski definition) is 6. The van der Waals surface area contributed by atoms with Crippen LogP contribution in [0.1, 0.15) is 60.8 Å². The molecule has 0 radical (unpaired) electrons. The van der Waals surface area contributed by atoms with Crippen molar-refractivity contribution in [1.82, 2.24) is 0 Å². The van der Waals surface area contributed by atoms with E-state index in [-0.39, 0.29) is 49.3 Å². The first-order chi connectivity index (χ1) is 12.2. The zero-order valence-electron chi connectivity index (χ0n) is 16.9. The average molecular weight is 370 g/mol. The second-order valence-electron chi connectivity index (χ2n) is 6.90. The molecule has 0 aliphatic carbocycles. The van der Waals surface area contributed by atoms with Crippen LogP contribution in [-0.2, 0) is 28.6 Å². The van der Waals surface area contributed by atoms with Crippen LogP contribution in [-0.4, -0.2) is 37.2 Å². The molecule has 0 bridgehead atoms. The number of hydrogen-bond donors (Lipinski definition) is 0. The molecule has 0 aromatic rings. The number of allylic oxidation sites excluding steroid dienone is 2. The molecule has 0 fully saturated rings. The first-order valence-corrected chi connectivity index (χ1v) is 9.31. The largest absolute Gasteiger partial charge is 0.462 e. The van der Waals surface area contributed by atoms with Gasteiger partial charge in [0.25, 0.3) is 0 Å². The smallest absolute Gasteiger partial charge is 0.308 e. The average Bonchev–Trinajstić information content (AvgIpc) is 2.56. The van der Waals surface area contributed by atoms with E-state index in [9.17, 15) is 14.4 Å². The van der Waals surface area contributed by atoms with Crippen molar-refractivity contribution in [1.29, 1.82) is 0 Å². The number of carbonyl (C=O) groups excluding carboxylic acids is 3. The van der Waals surface area contributed by atoms with Gasteiger partial charge in [0, 0.05) is 13.3 Å². The summed E-state index contributed by atoms with van der Waals surface area (Å²) in [5.41, 5.74) is 0. The minimum Gasteiger partial charge on any atom is -0.462 e. The minimum absolute atomic E-state index is 0.124. The summed E-state index contributed by atoms with van der Waals surface area (Å²) in [5.74, 6) is -1.02. The molecule has 0 saturated carbocycles. The molecule has 0 aliphatic rings. The Balaban J connectivity index is 4.58. The lowest BCUT2D eigenvalue weighted by atomic mass is 9.97. The summed E-state index contributed by atoms with van der Waals surface area (Å²) in [6.45, 7) is 10.7. The second-order valence-corrected chi connectivity index (χ2v) is 6.90. The Morgan fingerprint density at radius 2 is 1.65 bits per heavy atom. The van der Waals surface area contributed by atoms with Crippen LogP contribution in [0.4, 0.5) is 0 Å². The highest BCUT2D eigenvalue weighted by Crippen LogP contribution is 2.15. The number of carbonyl (C=O) groups is 3. The summed E-state index contributed by atoms with van der Waals surface area (Å²) in [6, 6.07) is 0. The third kappa shape index (κ3) is 11.7. The lowest BCUT2D eigenvalue weighted by molar-refractivity contribution is -0.168. The van der Waals surface area contributed by atoms with Crippen molar-refractivity contribution in [2.24, 2.45) is 17.8 Å². The maximum absolute atomic E-state index is 12.1. The molecule has 0 saturated heterocycles. The van der Waals surface area contributed by atoms with Crippen LogP contribution in [0.3, 0.4) is 0 Å². The summed E-state index contributed by atoms with van der Waals surface area (Å²) >= 11 is 0. The summed E-state index contributed by atoms with van der Waals surface area (Å²) in [7, 11) is 0. The van der Waals surface area contributed by atoms with Gasteiger partial charge >= 0.3 is 17.9 Å². The van der Waals surface area contributed by atoms with Crippen LogP contribution in [0, 0.1) is 17.8 Å². The minimum atomic E-state index is -0.792. The van der Waals surface area contributed by atoms with Gasteiger partial charge in [0.1, 0.15) is 13.2 Å². The Bertz CT molecular complexity index is 471. The quantitative estimate of drug-likeness (QED) is 0.296. The van der Waals surface area contributed by atoms with Crippen LogP contribution in [0.25, 0.3) is 0 Å². The van der Waals surface area contributed by atoms with E-state index in [0.717, 1.165) is 6.42 Å². The van der Waals surface area contributed by atoms with Gasteiger partial charge in [-0.3, -0.25) is 14.4 Å². The van der Waals surface area contributed by atoms with E-state index in [1.54, 1.807) is 6.92 Å². The summed E-state index contributed by atoms with van der Waals surface area (Å²) in [6.07, 6.45) is 5.00. The normalized spacial score (nSPS) is 15.8. The first kappa shape index (κ1) is 24.1. The highest BCUT2D eigenvalue weighted by Gasteiger charge is 2.22. The molecule has 4 atom stereocenters. The first-order valence-electron chi connectivity index (χ1n) is 9.31. The highest BCUT2D eigenvalue weighted by molar-refractivity contribution is 5.72. The number of rotatable bonds is 12. The van der Waals surface area contributed by atoms with Gasteiger partial charge in [0.2, 0.25) is 0 Å². The Hall–Kier alpha value is -1.85. The maximum Gasteiger partial charge on any atom is 0.308 e. The Morgan fingerprint density at radius 1 is 1.04 bits per heavy atom. The standard InChI is InChI=1S/C20H34O6/c1-7-9-15(4)10-16(5)20(23)25-13-18(12-24-17(6)21)26-19(22)11-14(3)8-2/h7,9,14-16,18H,8,10-13H2,1-6H3/b9-7-. The van der Waals surface area contributed by atoms with Gasteiger partial charge in [-0.25, -0.2) is 0 Å². The number of ether oxygens (including phenoxy) is 3. The van der Waals surface area contributed by atoms with Crippen LogP contribution >= 0.6 is 0 Å². The lowest BCUT2D eigenvalue weighted by Gasteiger charge is -2.20. The fraction of sp³-hybridized carbons (Fsp3) is 0.750. The fourth-order valence-electron chi connectivity index (χ4n) is 2.37. The van der Waals surface area contributed by atoms with Crippen LogP contribution in [0.2, 0.25) is 0 Å². The number of esters is 3. The van der Waals surface area contributed by atoms with Crippen molar-refractivity contribution in [2.75, 3.05) is 13.2 Å². The molecule has 0 aliphatic heterocycles. The summed E-state index contributed by atoms with van der Waals surface area (Å²) in [4.78, 5) is 35.1. The molecule has 6 nitrogen and oxygen atoms in total. The molecule has 0 aromatic carbocycles. The molecule has 0 rings (SSSR count). The predicted molar refractivity (Wildman–Crippen MR) is 99.3 cm³/mol. The van der Waals surface area contributed by atoms with Crippen molar-refractivity contribution in [3.05, 3.63) is 12.2 Å². The van der Waals surface area contributed by atoms with Gasteiger partial charge in [-0.2, -0.15) is 0 Å². The molecule has 0 amide bonds. The van der Waals surface area contributed by atoms with Gasteiger partial charge in [-0.1, -0.05) is 46.3 Å². The SMILES string of the molecule is C/C=C\C(C)CC(C)C(=O)OCC(COC(C)=O)OC(=O)CC(C)CC. The second kappa shape index (κ2) is 13.4. The van der Waals surface area contributed by atoms with E-state index in [1.165, 1.54) is 6.92 Å². The third-order valence-electron chi connectivity index (χ3n) is 4.04. The predicted octanol–water partition coefficient (Wildman–Crippen LogP) is 3.68. The molecule has 0 N–H and O–H groups in total. The van der Waals surface area contributed by atoms with Gasteiger partial charge in [0.15, 0.2) is 6.10 Å². The van der Waals surface area contributed by atoms with Crippen LogP contribution in [0.5, 0.6) is 0 Å². The van der Waals surface area contributed by atoms with E-state index in [1.807, 2.05) is 39.8 Å². The lowest BCUT2D eigenvalue weighted by Crippen LogP contribution is -2.32. The van der Waals surface area contributed by atoms with E-state index in [4.69, 9.17) is 14.2 Å². The summed E-state index contributed by atoms with van der Waals surface area (Å²) in [5, 5.41) is 0. The summed E-state index contributed by atoms with van der Waals surface area (Å²) < 4.78 is 15.5. The van der Waals surface area contributed by atoms with Crippen molar-refractivity contribution in [2.45, 2.75) is 66.9 Å². The molecule has 0 heterocycles. The molecule has 0 spiro atoms. The van der Waals surface area contributed by atoms with Crippen molar-refractivity contribution in [3.8, 4) is 0 Å². The molecule has 150 valence electrons. The maximum atomic E-state index is 12.1. The molecule has 6 heteroatoms. The third-order valence-corrected chi connectivity index (χ3v) is 4.04. The van der Waals surface area contributed by atoms with Gasteiger partial charge in [-0.15, -0.1) is 0 Å². The monoisotopic (exact) mass is 370 g/mol. The van der Waals surface area contributed by atoms with Gasteiger partial charge < -0.3 is 14.2 Å². The highest BCUT2D eigenvalue weighted by atomic mass is 16.6. The Labute approximate surface area is 157 Å². The topological polar surface area (TPSA) is 78.9 Å². The van der Waals surface area contributed by atoms with Crippen LogP contribution < -0.4 is 0 Å². The Kier molecular flexibility index (Phi) is 12.4. The molecule has 4 unspecified atom stereocenters. The molecular weight excluding hydrogens is 336 g/mol. The van der Waals surface area contributed by atoms with Gasteiger partial charge in [0.05, 0.1) is 5.92 Å². The molecule has 26 heavy (non-hydrogen) atoms. The van der Waals surface area contributed by atoms with Gasteiger partial charge in [-0.05, 0) is 25.2 Å². The van der Waals surface area contributed by atoms with E-state index in [0.29, 0.717) is 6.42 Å². The Morgan fingerprint density at radius 3 is 2.19 bits per heavy atom. The van der Waals surface area contributed by atoms with E-state index >= 15 is 0 Å². The van der Waals surface area contributed by atoms with Crippen molar-refractivity contribution >= 4 is 17.9 Å². The zero-order chi connectivity index (χ0) is 20.1. The zero-order valence-corrected chi connectivity index (χ0v) is 16.9. The molecular formula is C20H34O6. The van der Waals surface area contributed by atoms with E-state index < -0.39 is 12.1 Å². The van der Waals surface area contributed by atoms with Crippen LogP contribution in [0.15, 0.2) is 12.2 Å². The van der Waals surface area contributed by atoms with E-state index in [2.05, 4.69) is 0 Å². The van der Waals surface area contributed by atoms with Crippen molar-refractivity contribution < 1.29 is 28.6 Å². The van der Waals surface area contributed by atoms with Crippen molar-refractivity contribution in [3.63, 3.8) is 0 Å².